The van der Waals surface area contributed by atoms with Crippen LogP contribution in [0, 0.1) is 11.8 Å². The zero-order valence-electron chi connectivity index (χ0n) is 10.2. The van der Waals surface area contributed by atoms with Crippen LogP contribution < -0.4 is 10.6 Å². The molecule has 2 aliphatic rings. The number of thioether (sulfide) groups is 1. The minimum atomic E-state index is 0. The van der Waals surface area contributed by atoms with Crippen LogP contribution in [0.25, 0.3) is 0 Å². The normalized spacial score (nSPS) is 20.7. The third-order valence-electron chi connectivity index (χ3n) is 3.34. The third kappa shape index (κ3) is 6.53. The molecule has 2 rings (SSSR count). The molecule has 2 fully saturated rings. The van der Waals surface area contributed by atoms with Crippen molar-refractivity contribution in [2.45, 2.75) is 25.7 Å². The second kappa shape index (κ2) is 8.22. The van der Waals surface area contributed by atoms with E-state index < -0.39 is 0 Å². The Bertz CT molecular complexity index is 231. The predicted molar refractivity (Wildman–Crippen MR) is 75.9 cm³/mol. The van der Waals surface area contributed by atoms with Gasteiger partial charge in [-0.2, -0.15) is 11.8 Å². The Kier molecular flexibility index (Phi) is 7.32. The topological polar surface area (TPSA) is 41.1 Å². The number of halogens is 1. The van der Waals surface area contributed by atoms with Crippen molar-refractivity contribution in [2.24, 2.45) is 11.8 Å². The summed E-state index contributed by atoms with van der Waals surface area (Å²) in [6.45, 7) is 2.40. The summed E-state index contributed by atoms with van der Waals surface area (Å²) < 4.78 is 0. The molecule has 1 heterocycles. The molecule has 1 aliphatic carbocycles. The lowest BCUT2D eigenvalue weighted by Crippen LogP contribution is -2.37. The lowest BCUT2D eigenvalue weighted by molar-refractivity contribution is -0.120. The Hall–Kier alpha value is 0.0700. The van der Waals surface area contributed by atoms with Crippen molar-refractivity contribution in [1.29, 1.82) is 0 Å². The van der Waals surface area contributed by atoms with Gasteiger partial charge in [-0.25, -0.2) is 0 Å². The van der Waals surface area contributed by atoms with Gasteiger partial charge < -0.3 is 10.6 Å². The van der Waals surface area contributed by atoms with Gasteiger partial charge in [-0.3, -0.25) is 4.79 Å². The van der Waals surface area contributed by atoms with Gasteiger partial charge in [0.25, 0.3) is 0 Å². The summed E-state index contributed by atoms with van der Waals surface area (Å²) in [5, 5.41) is 6.25. The molecule has 0 spiro atoms. The molecule has 1 aliphatic heterocycles. The number of hydrogen-bond acceptors (Lipinski definition) is 3. The maximum absolute atomic E-state index is 11.5. The molecule has 1 amide bonds. The molecule has 17 heavy (non-hydrogen) atoms. The average molecular weight is 279 g/mol. The first-order valence-electron chi connectivity index (χ1n) is 6.40. The van der Waals surface area contributed by atoms with Crippen LogP contribution in [0.15, 0.2) is 0 Å². The summed E-state index contributed by atoms with van der Waals surface area (Å²) in [5.74, 6) is 4.26. The van der Waals surface area contributed by atoms with Gasteiger partial charge in [0.05, 0.1) is 6.54 Å². The van der Waals surface area contributed by atoms with Crippen LogP contribution in [0.5, 0.6) is 0 Å². The second-order valence-corrected chi connectivity index (χ2v) is 6.16. The van der Waals surface area contributed by atoms with Gasteiger partial charge in [0.2, 0.25) is 5.91 Å². The summed E-state index contributed by atoms with van der Waals surface area (Å²) in [7, 11) is 0. The highest BCUT2D eigenvalue weighted by atomic mass is 35.5. The fraction of sp³-hybridized carbons (Fsp3) is 0.917. The average Bonchev–Trinajstić information content (AvgIpc) is 3.12. The zero-order chi connectivity index (χ0) is 11.2. The van der Waals surface area contributed by atoms with E-state index >= 15 is 0 Å². The SMILES string of the molecule is Cl.O=C(CNCC1CC1)NCC1CCSCC1. The first kappa shape index (κ1) is 15.1. The lowest BCUT2D eigenvalue weighted by Gasteiger charge is -2.21. The van der Waals surface area contributed by atoms with Crippen LogP contribution in [0.4, 0.5) is 0 Å². The first-order valence-corrected chi connectivity index (χ1v) is 7.55. The van der Waals surface area contributed by atoms with Crippen molar-refractivity contribution in [3.8, 4) is 0 Å². The van der Waals surface area contributed by atoms with Crippen molar-refractivity contribution < 1.29 is 4.79 Å². The molecule has 3 nitrogen and oxygen atoms in total. The maximum atomic E-state index is 11.5. The highest BCUT2D eigenvalue weighted by Gasteiger charge is 2.20. The van der Waals surface area contributed by atoms with Crippen LogP contribution in [0.3, 0.4) is 0 Å². The smallest absolute Gasteiger partial charge is 0.233 e. The third-order valence-corrected chi connectivity index (χ3v) is 4.39. The van der Waals surface area contributed by atoms with E-state index in [0.29, 0.717) is 12.5 Å². The summed E-state index contributed by atoms with van der Waals surface area (Å²) in [5.41, 5.74) is 0. The van der Waals surface area contributed by atoms with E-state index in [4.69, 9.17) is 0 Å². The van der Waals surface area contributed by atoms with E-state index in [2.05, 4.69) is 10.6 Å². The molecular formula is C12H23ClN2OS. The van der Waals surface area contributed by atoms with Gasteiger partial charge in [-0.05, 0) is 55.6 Å². The first-order chi connectivity index (χ1) is 7.84. The lowest BCUT2D eigenvalue weighted by atomic mass is 10.0. The Balaban J connectivity index is 0.00000144. The van der Waals surface area contributed by atoms with Gasteiger partial charge >= 0.3 is 0 Å². The van der Waals surface area contributed by atoms with E-state index in [-0.39, 0.29) is 18.3 Å². The van der Waals surface area contributed by atoms with Gasteiger partial charge in [-0.1, -0.05) is 0 Å². The minimum Gasteiger partial charge on any atom is -0.355 e. The van der Waals surface area contributed by atoms with Gasteiger partial charge in [0.1, 0.15) is 0 Å². The van der Waals surface area contributed by atoms with Crippen molar-refractivity contribution in [3.63, 3.8) is 0 Å². The number of carbonyl (C=O) groups is 1. The summed E-state index contributed by atoms with van der Waals surface area (Å²) in [6.07, 6.45) is 5.21. The molecule has 5 heteroatoms. The molecule has 1 saturated heterocycles. The molecule has 2 N–H and O–H groups in total. The Morgan fingerprint density at radius 3 is 2.35 bits per heavy atom. The standard InChI is InChI=1S/C12H22N2OS.ClH/c15-12(9-13-7-10-1-2-10)14-8-11-3-5-16-6-4-11;/h10-11,13H,1-9H2,(H,14,15);1H. The quantitative estimate of drug-likeness (QED) is 0.777. The summed E-state index contributed by atoms with van der Waals surface area (Å²) in [4.78, 5) is 11.5. The molecule has 0 aromatic carbocycles. The summed E-state index contributed by atoms with van der Waals surface area (Å²) in [6, 6.07) is 0. The van der Waals surface area contributed by atoms with Crippen molar-refractivity contribution in [1.82, 2.24) is 10.6 Å². The number of rotatable bonds is 6. The number of nitrogens with one attached hydrogen (secondary N) is 2. The molecule has 0 unspecified atom stereocenters. The van der Waals surface area contributed by atoms with Crippen molar-refractivity contribution in [3.05, 3.63) is 0 Å². The van der Waals surface area contributed by atoms with Gasteiger partial charge in [0, 0.05) is 6.54 Å². The predicted octanol–water partition coefficient (Wildman–Crippen LogP) is 1.67. The fourth-order valence-corrected chi connectivity index (χ4v) is 3.19. The Labute approximate surface area is 114 Å². The van der Waals surface area contributed by atoms with E-state index in [1.54, 1.807) is 0 Å². The van der Waals surface area contributed by atoms with Crippen LogP contribution >= 0.6 is 24.2 Å². The largest absolute Gasteiger partial charge is 0.355 e. The highest BCUT2D eigenvalue weighted by Crippen LogP contribution is 2.27. The molecule has 100 valence electrons. The number of carbonyl (C=O) groups excluding carboxylic acids is 1. The Morgan fingerprint density at radius 1 is 1.06 bits per heavy atom. The monoisotopic (exact) mass is 278 g/mol. The summed E-state index contributed by atoms with van der Waals surface area (Å²) >= 11 is 2.03. The molecule has 1 saturated carbocycles. The van der Waals surface area contributed by atoms with Gasteiger partial charge in [-0.15, -0.1) is 12.4 Å². The van der Waals surface area contributed by atoms with Crippen LogP contribution in [-0.4, -0.2) is 37.0 Å². The molecular weight excluding hydrogens is 256 g/mol. The molecule has 0 bridgehead atoms. The van der Waals surface area contributed by atoms with E-state index in [0.717, 1.165) is 19.0 Å². The van der Waals surface area contributed by atoms with Crippen LogP contribution in [0.2, 0.25) is 0 Å². The number of hydrogen-bond donors (Lipinski definition) is 2. The van der Waals surface area contributed by atoms with E-state index in [1.165, 1.54) is 37.2 Å². The minimum absolute atomic E-state index is 0. The Morgan fingerprint density at radius 2 is 1.71 bits per heavy atom. The number of amides is 1. The highest BCUT2D eigenvalue weighted by molar-refractivity contribution is 7.99. The van der Waals surface area contributed by atoms with Crippen molar-refractivity contribution >= 4 is 30.1 Å². The fourth-order valence-electron chi connectivity index (χ4n) is 1.98. The van der Waals surface area contributed by atoms with Crippen LogP contribution in [0.1, 0.15) is 25.7 Å². The maximum Gasteiger partial charge on any atom is 0.233 e. The van der Waals surface area contributed by atoms with Crippen LogP contribution in [-0.2, 0) is 4.79 Å². The van der Waals surface area contributed by atoms with E-state index in [1.807, 2.05) is 11.8 Å². The molecule has 0 aromatic rings. The molecule has 0 radical (unpaired) electrons. The van der Waals surface area contributed by atoms with Crippen molar-refractivity contribution in [2.75, 3.05) is 31.1 Å². The molecule has 0 atom stereocenters. The zero-order valence-corrected chi connectivity index (χ0v) is 11.9. The van der Waals surface area contributed by atoms with Gasteiger partial charge in [0.15, 0.2) is 0 Å². The van der Waals surface area contributed by atoms with E-state index in [9.17, 15) is 4.79 Å². The second-order valence-electron chi connectivity index (χ2n) is 4.93. The molecule has 0 aromatic heterocycles.